The zero-order valence-corrected chi connectivity index (χ0v) is 12.3. The predicted octanol–water partition coefficient (Wildman–Crippen LogP) is 1.46. The highest BCUT2D eigenvalue weighted by Gasteiger charge is 2.38. The van der Waals surface area contributed by atoms with Gasteiger partial charge in [0.25, 0.3) is 5.91 Å². The van der Waals surface area contributed by atoms with Gasteiger partial charge in [-0.25, -0.2) is 9.97 Å². The summed E-state index contributed by atoms with van der Waals surface area (Å²) >= 11 is 1.44. The van der Waals surface area contributed by atoms with Gasteiger partial charge in [0.2, 0.25) is 0 Å². The van der Waals surface area contributed by atoms with E-state index < -0.39 is 5.54 Å². The average Bonchev–Trinajstić information content (AvgIpc) is 2.32. The molecular formula is C13H19N3O2S. The fourth-order valence-corrected chi connectivity index (χ4v) is 2.99. The number of carbonyl (C=O) groups is 1. The molecule has 0 unspecified atom stereocenters. The average molecular weight is 281 g/mol. The number of aryl methyl sites for hydroxylation is 2. The quantitative estimate of drug-likeness (QED) is 0.645. The molecule has 0 spiro atoms. The number of amides is 1. The Labute approximate surface area is 117 Å². The van der Waals surface area contributed by atoms with Gasteiger partial charge in [-0.05, 0) is 39.4 Å². The van der Waals surface area contributed by atoms with Crippen molar-refractivity contribution in [3.8, 4) is 0 Å². The molecule has 1 aromatic rings. The topological polar surface area (TPSA) is 75.1 Å². The van der Waals surface area contributed by atoms with Crippen LogP contribution >= 0.6 is 11.8 Å². The van der Waals surface area contributed by atoms with Gasteiger partial charge in [0.1, 0.15) is 10.9 Å². The predicted molar refractivity (Wildman–Crippen MR) is 74.4 cm³/mol. The third-order valence-electron chi connectivity index (χ3n) is 3.58. The summed E-state index contributed by atoms with van der Waals surface area (Å²) in [6, 6.07) is 0. The van der Waals surface area contributed by atoms with Crippen LogP contribution in [-0.2, 0) is 0 Å². The van der Waals surface area contributed by atoms with E-state index in [1.165, 1.54) is 11.8 Å². The lowest BCUT2D eigenvalue weighted by Crippen LogP contribution is -2.56. The number of rotatable bonds is 4. The molecule has 5 nitrogen and oxygen atoms in total. The Morgan fingerprint density at radius 3 is 2.58 bits per heavy atom. The van der Waals surface area contributed by atoms with Crippen molar-refractivity contribution in [3.63, 3.8) is 0 Å². The van der Waals surface area contributed by atoms with E-state index in [4.69, 9.17) is 0 Å². The number of nitrogens with zero attached hydrogens (tertiary/aromatic N) is 2. The fourth-order valence-electron chi connectivity index (χ4n) is 2.32. The maximum Gasteiger partial charge on any atom is 0.256 e. The zero-order valence-electron chi connectivity index (χ0n) is 11.5. The van der Waals surface area contributed by atoms with E-state index in [0.29, 0.717) is 22.1 Å². The Kier molecular flexibility index (Phi) is 4.10. The van der Waals surface area contributed by atoms with Crippen LogP contribution in [0, 0.1) is 13.8 Å². The van der Waals surface area contributed by atoms with E-state index in [2.05, 4.69) is 15.3 Å². The summed E-state index contributed by atoms with van der Waals surface area (Å²) in [5.41, 5.74) is 0.768. The van der Waals surface area contributed by atoms with Crippen LogP contribution in [0.15, 0.2) is 5.03 Å². The molecule has 1 aromatic heterocycles. The Bertz CT molecular complexity index is 495. The number of hydrogen-bond donors (Lipinski definition) is 2. The first kappa shape index (κ1) is 14.3. The van der Waals surface area contributed by atoms with Gasteiger partial charge in [-0.3, -0.25) is 4.79 Å². The molecule has 104 valence electrons. The maximum atomic E-state index is 12.4. The molecule has 19 heavy (non-hydrogen) atoms. The van der Waals surface area contributed by atoms with Crippen LogP contribution in [0.3, 0.4) is 0 Å². The summed E-state index contributed by atoms with van der Waals surface area (Å²) in [6.45, 7) is 3.62. The highest BCUT2D eigenvalue weighted by molar-refractivity contribution is 7.98. The second kappa shape index (κ2) is 5.46. The minimum absolute atomic E-state index is 0.0148. The highest BCUT2D eigenvalue weighted by atomic mass is 32.2. The fraction of sp³-hybridized carbons (Fsp3) is 0.615. The number of carbonyl (C=O) groups excluding carboxylic acids is 1. The molecule has 0 aliphatic heterocycles. The van der Waals surface area contributed by atoms with E-state index >= 15 is 0 Å². The molecule has 1 aliphatic carbocycles. The van der Waals surface area contributed by atoms with Gasteiger partial charge >= 0.3 is 0 Å². The maximum absolute atomic E-state index is 12.4. The molecule has 0 radical (unpaired) electrons. The lowest BCUT2D eigenvalue weighted by Gasteiger charge is -2.41. The van der Waals surface area contributed by atoms with Gasteiger partial charge < -0.3 is 10.4 Å². The van der Waals surface area contributed by atoms with E-state index in [0.717, 1.165) is 19.3 Å². The molecule has 0 bridgehead atoms. The molecule has 0 atom stereocenters. The van der Waals surface area contributed by atoms with E-state index in [1.807, 2.05) is 20.1 Å². The third kappa shape index (κ3) is 2.74. The van der Waals surface area contributed by atoms with Crippen molar-refractivity contribution in [2.24, 2.45) is 0 Å². The Balaban J connectivity index is 2.28. The Hall–Kier alpha value is -1.14. The monoisotopic (exact) mass is 281 g/mol. The van der Waals surface area contributed by atoms with Gasteiger partial charge in [-0.15, -0.1) is 11.8 Å². The molecule has 2 rings (SSSR count). The van der Waals surface area contributed by atoms with Crippen molar-refractivity contribution < 1.29 is 9.90 Å². The number of nitrogens with one attached hydrogen (secondary N) is 1. The molecule has 1 amide bonds. The first-order chi connectivity index (χ1) is 9.01. The molecule has 0 saturated heterocycles. The minimum atomic E-state index is -0.440. The summed E-state index contributed by atoms with van der Waals surface area (Å²) in [5.74, 6) is 0.481. The van der Waals surface area contributed by atoms with Gasteiger partial charge in [-0.2, -0.15) is 0 Å². The van der Waals surface area contributed by atoms with Crippen molar-refractivity contribution in [1.82, 2.24) is 15.3 Å². The number of aromatic nitrogens is 2. The van der Waals surface area contributed by atoms with Crippen LogP contribution in [0.2, 0.25) is 0 Å². The van der Waals surface area contributed by atoms with Gasteiger partial charge in [0.15, 0.2) is 0 Å². The van der Waals surface area contributed by atoms with Crippen LogP contribution in [0.1, 0.15) is 41.1 Å². The molecule has 1 heterocycles. The second-order valence-corrected chi connectivity index (χ2v) is 5.78. The SMILES string of the molecule is CSc1nc(C)nc(C)c1C(=O)NC1(CO)CCC1. The standard InChI is InChI=1S/C13H19N3O2S/c1-8-10(12(19-3)15-9(2)14-8)11(18)16-13(7-17)5-4-6-13/h17H,4-7H2,1-3H3,(H,16,18). The van der Waals surface area contributed by atoms with E-state index in [9.17, 15) is 9.90 Å². The van der Waals surface area contributed by atoms with Gasteiger partial charge in [0.05, 0.1) is 23.4 Å². The Morgan fingerprint density at radius 1 is 1.42 bits per heavy atom. The largest absolute Gasteiger partial charge is 0.394 e. The van der Waals surface area contributed by atoms with Gasteiger partial charge in [-0.1, -0.05) is 0 Å². The molecule has 6 heteroatoms. The first-order valence-corrected chi connectivity index (χ1v) is 7.56. The molecule has 0 aromatic carbocycles. The summed E-state index contributed by atoms with van der Waals surface area (Å²) in [5, 5.41) is 13.1. The van der Waals surface area contributed by atoms with Crippen molar-refractivity contribution >= 4 is 17.7 Å². The van der Waals surface area contributed by atoms with E-state index in [1.54, 1.807) is 0 Å². The minimum Gasteiger partial charge on any atom is -0.394 e. The summed E-state index contributed by atoms with van der Waals surface area (Å²) < 4.78 is 0. The molecule has 1 saturated carbocycles. The zero-order chi connectivity index (χ0) is 14.0. The van der Waals surface area contributed by atoms with Crippen LogP contribution in [0.4, 0.5) is 0 Å². The van der Waals surface area contributed by atoms with Crippen LogP contribution < -0.4 is 5.32 Å². The number of aliphatic hydroxyl groups excluding tert-OH is 1. The number of aliphatic hydroxyl groups is 1. The molecule has 2 N–H and O–H groups in total. The van der Waals surface area contributed by atoms with Crippen LogP contribution in [0.25, 0.3) is 0 Å². The Morgan fingerprint density at radius 2 is 2.11 bits per heavy atom. The van der Waals surface area contributed by atoms with Crippen molar-refractivity contribution in [2.75, 3.05) is 12.9 Å². The van der Waals surface area contributed by atoms with Crippen molar-refractivity contribution in [2.45, 2.75) is 43.7 Å². The van der Waals surface area contributed by atoms with E-state index in [-0.39, 0.29) is 12.5 Å². The first-order valence-electron chi connectivity index (χ1n) is 6.34. The normalized spacial score (nSPS) is 16.8. The molecule has 1 aliphatic rings. The lowest BCUT2D eigenvalue weighted by molar-refractivity contribution is 0.0637. The summed E-state index contributed by atoms with van der Waals surface area (Å²) in [6.07, 6.45) is 4.59. The van der Waals surface area contributed by atoms with Crippen LogP contribution in [-0.4, -0.2) is 39.4 Å². The summed E-state index contributed by atoms with van der Waals surface area (Å²) in [4.78, 5) is 21.0. The molecule has 1 fully saturated rings. The second-order valence-electron chi connectivity index (χ2n) is 4.99. The number of thioether (sulfide) groups is 1. The smallest absolute Gasteiger partial charge is 0.256 e. The highest BCUT2D eigenvalue weighted by Crippen LogP contribution is 2.32. The van der Waals surface area contributed by atoms with Crippen LogP contribution in [0.5, 0.6) is 0 Å². The molecular weight excluding hydrogens is 262 g/mol. The van der Waals surface area contributed by atoms with Crippen molar-refractivity contribution in [3.05, 3.63) is 17.1 Å². The summed E-state index contributed by atoms with van der Waals surface area (Å²) in [7, 11) is 0. The van der Waals surface area contributed by atoms with Crippen molar-refractivity contribution in [1.29, 1.82) is 0 Å². The number of hydrogen-bond acceptors (Lipinski definition) is 5. The lowest BCUT2D eigenvalue weighted by atomic mass is 9.77. The van der Waals surface area contributed by atoms with Gasteiger partial charge in [0, 0.05) is 0 Å². The third-order valence-corrected chi connectivity index (χ3v) is 4.26.